The molecule has 0 unspecified atom stereocenters. The van der Waals surface area contributed by atoms with E-state index in [-0.39, 0.29) is 5.01 Å². The first kappa shape index (κ1) is 12.5. The summed E-state index contributed by atoms with van der Waals surface area (Å²) in [5.74, 6) is -5.22. The molecule has 3 rings (SSSR count). The maximum Gasteiger partial charge on any atom is 0.286 e. The third-order valence-corrected chi connectivity index (χ3v) is 3.28. The number of carbonyl (C=O) groups excluding carboxylic acids is 1. The van der Waals surface area contributed by atoms with E-state index in [4.69, 9.17) is 0 Å². The van der Waals surface area contributed by atoms with Crippen molar-refractivity contribution < 1.29 is 18.0 Å². The fourth-order valence-electron chi connectivity index (χ4n) is 1.45. The quantitative estimate of drug-likeness (QED) is 0.733. The fraction of sp³-hybridized carbons (Fsp3) is 0. The highest BCUT2D eigenvalue weighted by Gasteiger charge is 2.18. The monoisotopic (exact) mass is 299 g/mol. The van der Waals surface area contributed by atoms with Gasteiger partial charge in [-0.2, -0.15) is 4.52 Å². The van der Waals surface area contributed by atoms with Crippen LogP contribution < -0.4 is 5.32 Å². The summed E-state index contributed by atoms with van der Waals surface area (Å²) in [6, 6.07) is 1.64. The van der Waals surface area contributed by atoms with E-state index in [1.165, 1.54) is 10.8 Å². The van der Waals surface area contributed by atoms with Gasteiger partial charge in [0.2, 0.25) is 9.97 Å². The lowest BCUT2D eigenvalue weighted by molar-refractivity contribution is 0.102. The SMILES string of the molecule is O=C(Nc1ccc(F)c(F)c1F)c1nn2cnnc2s1. The summed E-state index contributed by atoms with van der Waals surface area (Å²) >= 11 is 0.920. The van der Waals surface area contributed by atoms with Crippen LogP contribution in [0.4, 0.5) is 18.9 Å². The van der Waals surface area contributed by atoms with Crippen LogP contribution in [0.15, 0.2) is 18.5 Å². The van der Waals surface area contributed by atoms with E-state index in [9.17, 15) is 18.0 Å². The summed E-state index contributed by atoms with van der Waals surface area (Å²) in [4.78, 5) is 12.2. The zero-order valence-electron chi connectivity index (χ0n) is 9.47. The second-order valence-corrected chi connectivity index (χ2v) is 4.60. The van der Waals surface area contributed by atoms with E-state index in [2.05, 4.69) is 20.6 Å². The van der Waals surface area contributed by atoms with Crippen molar-refractivity contribution in [3.05, 3.63) is 40.9 Å². The van der Waals surface area contributed by atoms with Gasteiger partial charge in [0.25, 0.3) is 5.91 Å². The molecule has 0 bridgehead atoms. The predicted octanol–water partition coefficient (Wildman–Crippen LogP) is 1.86. The molecule has 6 nitrogen and oxygen atoms in total. The topological polar surface area (TPSA) is 72.2 Å². The number of carbonyl (C=O) groups is 1. The zero-order chi connectivity index (χ0) is 14.3. The van der Waals surface area contributed by atoms with E-state index in [0.29, 0.717) is 11.0 Å². The summed E-state index contributed by atoms with van der Waals surface area (Å²) < 4.78 is 40.5. The van der Waals surface area contributed by atoms with E-state index in [0.717, 1.165) is 17.4 Å². The van der Waals surface area contributed by atoms with Gasteiger partial charge in [-0.1, -0.05) is 11.3 Å². The number of halogens is 3. The Morgan fingerprint density at radius 1 is 1.25 bits per heavy atom. The molecule has 0 saturated heterocycles. The van der Waals surface area contributed by atoms with Crippen molar-refractivity contribution in [1.29, 1.82) is 0 Å². The maximum absolute atomic E-state index is 13.4. The van der Waals surface area contributed by atoms with Crippen LogP contribution in [0.3, 0.4) is 0 Å². The Bertz CT molecular complexity index is 786. The largest absolute Gasteiger partial charge is 0.317 e. The first-order valence-corrected chi connectivity index (χ1v) is 5.99. The predicted molar refractivity (Wildman–Crippen MR) is 62.9 cm³/mol. The summed E-state index contributed by atoms with van der Waals surface area (Å²) in [6.45, 7) is 0. The number of benzene rings is 1. The number of amides is 1. The third kappa shape index (κ3) is 1.99. The number of aromatic nitrogens is 4. The van der Waals surface area contributed by atoms with Gasteiger partial charge in [0, 0.05) is 0 Å². The third-order valence-electron chi connectivity index (χ3n) is 2.36. The molecule has 2 heterocycles. The number of anilines is 1. The minimum atomic E-state index is -1.65. The Balaban J connectivity index is 1.89. The van der Waals surface area contributed by atoms with Crippen molar-refractivity contribution in [2.24, 2.45) is 0 Å². The lowest BCUT2D eigenvalue weighted by Crippen LogP contribution is -2.14. The second-order valence-electron chi connectivity index (χ2n) is 3.64. The molecule has 1 aromatic carbocycles. The molecule has 0 aliphatic heterocycles. The number of fused-ring (bicyclic) bond motifs is 1. The molecule has 0 aliphatic carbocycles. The smallest absolute Gasteiger partial charge is 0.286 e. The van der Waals surface area contributed by atoms with E-state index in [1.807, 2.05) is 0 Å². The van der Waals surface area contributed by atoms with E-state index in [1.54, 1.807) is 0 Å². The van der Waals surface area contributed by atoms with Crippen LogP contribution in [-0.4, -0.2) is 25.7 Å². The van der Waals surface area contributed by atoms with Crippen molar-refractivity contribution in [3.8, 4) is 0 Å². The van der Waals surface area contributed by atoms with Crippen LogP contribution >= 0.6 is 11.3 Å². The molecule has 0 radical (unpaired) electrons. The highest BCUT2D eigenvalue weighted by atomic mass is 32.1. The van der Waals surface area contributed by atoms with Crippen LogP contribution in [0.5, 0.6) is 0 Å². The van der Waals surface area contributed by atoms with Crippen molar-refractivity contribution in [1.82, 2.24) is 19.8 Å². The summed E-state index contributed by atoms with van der Waals surface area (Å²) in [7, 11) is 0. The molecular formula is C10H4F3N5OS. The van der Waals surface area contributed by atoms with Gasteiger partial charge in [-0.3, -0.25) is 4.79 Å². The Labute approximate surface area is 112 Å². The molecule has 1 amide bonds. The summed E-state index contributed by atoms with van der Waals surface area (Å²) in [6.07, 6.45) is 1.29. The molecule has 0 fully saturated rings. The first-order chi connectivity index (χ1) is 9.56. The molecule has 1 N–H and O–H groups in total. The van der Waals surface area contributed by atoms with Crippen LogP contribution in [-0.2, 0) is 0 Å². The average molecular weight is 299 g/mol. The number of nitrogens with one attached hydrogen (secondary N) is 1. The molecule has 20 heavy (non-hydrogen) atoms. The van der Waals surface area contributed by atoms with Gasteiger partial charge in [-0.25, -0.2) is 13.2 Å². The number of nitrogens with zero attached hydrogens (tertiary/aromatic N) is 4. The Kier molecular flexibility index (Phi) is 2.86. The molecule has 10 heteroatoms. The van der Waals surface area contributed by atoms with Gasteiger partial charge in [0.05, 0.1) is 5.69 Å². The first-order valence-electron chi connectivity index (χ1n) is 5.18. The molecule has 0 aliphatic rings. The maximum atomic E-state index is 13.4. The van der Waals surface area contributed by atoms with Gasteiger partial charge >= 0.3 is 0 Å². The Morgan fingerprint density at radius 2 is 2.05 bits per heavy atom. The molecular weight excluding hydrogens is 295 g/mol. The highest BCUT2D eigenvalue weighted by Crippen LogP contribution is 2.21. The van der Waals surface area contributed by atoms with Crippen LogP contribution in [0.25, 0.3) is 4.96 Å². The van der Waals surface area contributed by atoms with Crippen molar-refractivity contribution in [3.63, 3.8) is 0 Å². The van der Waals surface area contributed by atoms with Gasteiger partial charge in [-0.05, 0) is 12.1 Å². The highest BCUT2D eigenvalue weighted by molar-refractivity contribution is 7.18. The minimum Gasteiger partial charge on any atom is -0.317 e. The number of hydrogen-bond donors (Lipinski definition) is 1. The summed E-state index contributed by atoms with van der Waals surface area (Å²) in [5.41, 5.74) is -0.472. The van der Waals surface area contributed by atoms with Gasteiger partial charge in [-0.15, -0.1) is 15.3 Å². The Hall–Kier alpha value is -2.49. The molecule has 0 spiro atoms. The van der Waals surface area contributed by atoms with E-state index < -0.39 is 29.0 Å². The second kappa shape index (κ2) is 4.56. The van der Waals surface area contributed by atoms with Crippen molar-refractivity contribution in [2.75, 3.05) is 5.32 Å². The van der Waals surface area contributed by atoms with Crippen molar-refractivity contribution in [2.45, 2.75) is 0 Å². The van der Waals surface area contributed by atoms with Crippen LogP contribution in [0.2, 0.25) is 0 Å². The molecule has 0 saturated carbocycles. The molecule has 3 aromatic rings. The molecule has 0 atom stereocenters. The van der Waals surface area contributed by atoms with Gasteiger partial charge in [0.1, 0.15) is 6.33 Å². The van der Waals surface area contributed by atoms with Crippen LogP contribution in [0.1, 0.15) is 9.80 Å². The minimum absolute atomic E-state index is 0.0148. The standard InChI is InChI=1S/C10H4F3N5OS/c11-4-1-2-5(7(13)6(4)12)15-8(19)9-17-18-3-14-16-10(18)20-9/h1-3H,(H,15,19). The average Bonchev–Trinajstić information content (AvgIpc) is 3.00. The normalized spacial score (nSPS) is 10.9. The number of hydrogen-bond acceptors (Lipinski definition) is 5. The lowest BCUT2D eigenvalue weighted by atomic mass is 10.3. The van der Waals surface area contributed by atoms with E-state index >= 15 is 0 Å². The van der Waals surface area contributed by atoms with Gasteiger partial charge in [0.15, 0.2) is 17.5 Å². The Morgan fingerprint density at radius 3 is 2.80 bits per heavy atom. The molecule has 102 valence electrons. The number of rotatable bonds is 2. The van der Waals surface area contributed by atoms with Gasteiger partial charge < -0.3 is 5.32 Å². The van der Waals surface area contributed by atoms with Crippen LogP contribution in [0, 0.1) is 17.5 Å². The fourth-order valence-corrected chi connectivity index (χ4v) is 2.16. The summed E-state index contributed by atoms with van der Waals surface area (Å²) in [5, 5.41) is 13.2. The molecule has 2 aromatic heterocycles. The van der Waals surface area contributed by atoms with Crippen molar-refractivity contribution >= 4 is 27.9 Å². The lowest BCUT2D eigenvalue weighted by Gasteiger charge is -2.05. The zero-order valence-corrected chi connectivity index (χ0v) is 10.3.